The molecule has 0 bridgehead atoms. The summed E-state index contributed by atoms with van der Waals surface area (Å²) < 4.78 is 28.6. The van der Waals surface area contributed by atoms with Gasteiger partial charge in [0.15, 0.2) is 0 Å². The summed E-state index contributed by atoms with van der Waals surface area (Å²) in [6.45, 7) is 4.25. The Kier molecular flexibility index (Phi) is 4.89. The Labute approximate surface area is 167 Å². The minimum absolute atomic E-state index is 0.0710. The predicted octanol–water partition coefficient (Wildman–Crippen LogP) is 6.79. The van der Waals surface area contributed by atoms with Crippen molar-refractivity contribution in [1.82, 2.24) is 4.57 Å². The van der Waals surface area contributed by atoms with Gasteiger partial charge in [0.1, 0.15) is 11.6 Å². The monoisotopic (exact) mass is 390 g/mol. The molecule has 29 heavy (non-hydrogen) atoms. The fraction of sp³-hybridized carbons (Fsp3) is 0.125. The van der Waals surface area contributed by atoms with Gasteiger partial charge in [0.25, 0.3) is 0 Å². The summed E-state index contributed by atoms with van der Waals surface area (Å²) in [5.41, 5.74) is 3.80. The van der Waals surface area contributed by atoms with Crippen LogP contribution < -0.4 is 5.32 Å². The molecule has 0 aliphatic carbocycles. The summed E-state index contributed by atoms with van der Waals surface area (Å²) >= 11 is 0. The van der Waals surface area contributed by atoms with E-state index in [1.165, 1.54) is 16.2 Å². The van der Waals surface area contributed by atoms with Crippen LogP contribution >= 0.6 is 0 Å². The molecule has 4 rings (SSSR count). The maximum Gasteiger partial charge on any atom is 0.330 e. The van der Waals surface area contributed by atoms with E-state index in [1.807, 2.05) is 42.5 Å². The third-order valence-electron chi connectivity index (χ3n) is 4.98. The summed E-state index contributed by atoms with van der Waals surface area (Å²) in [7, 11) is 0. The highest BCUT2D eigenvalue weighted by atomic mass is 19.1. The zero-order valence-electron chi connectivity index (χ0n) is 16.1. The zero-order chi connectivity index (χ0) is 20.5. The van der Waals surface area contributed by atoms with Gasteiger partial charge in [-0.15, -0.1) is 0 Å². The number of anilines is 1. The number of rotatable bonds is 3. The summed E-state index contributed by atoms with van der Waals surface area (Å²) in [5.74, 6) is -1.20. The fourth-order valence-corrected chi connectivity index (χ4v) is 3.57. The van der Waals surface area contributed by atoms with Gasteiger partial charge in [0, 0.05) is 23.2 Å². The summed E-state index contributed by atoms with van der Waals surface area (Å²) in [6, 6.07) is 18.2. The van der Waals surface area contributed by atoms with Crippen LogP contribution in [0, 0.1) is 11.6 Å². The molecule has 0 unspecified atom stereocenters. The van der Waals surface area contributed by atoms with Crippen molar-refractivity contribution in [2.75, 3.05) is 5.32 Å². The first kappa shape index (κ1) is 18.9. The maximum atomic E-state index is 14.0. The van der Waals surface area contributed by atoms with E-state index in [0.29, 0.717) is 11.4 Å². The van der Waals surface area contributed by atoms with E-state index < -0.39 is 17.7 Å². The fourth-order valence-electron chi connectivity index (χ4n) is 3.57. The standard InChI is InChI=1S/C24H20F2N2O/c1-15(2)17-7-3-4-8-18(17)20-14-28(23-10-6-5-9-19(20)23)24(29)27-22-12-11-16(25)13-21(22)26/h3-15H,1-2H3,(H,27,29). The molecule has 1 aromatic heterocycles. The van der Waals surface area contributed by atoms with Crippen molar-refractivity contribution in [3.8, 4) is 11.1 Å². The van der Waals surface area contributed by atoms with Crippen LogP contribution in [0.2, 0.25) is 0 Å². The molecule has 0 saturated carbocycles. The molecule has 4 aromatic rings. The smallest absolute Gasteiger partial charge is 0.304 e. The molecule has 0 aliphatic rings. The van der Waals surface area contributed by atoms with Gasteiger partial charge in [0.2, 0.25) is 0 Å². The van der Waals surface area contributed by atoms with Crippen LogP contribution in [-0.4, -0.2) is 10.6 Å². The second-order valence-corrected chi connectivity index (χ2v) is 7.23. The predicted molar refractivity (Wildman–Crippen MR) is 112 cm³/mol. The van der Waals surface area contributed by atoms with Crippen LogP contribution in [0.25, 0.3) is 22.0 Å². The molecule has 1 N–H and O–H groups in total. The minimum Gasteiger partial charge on any atom is -0.304 e. The van der Waals surface area contributed by atoms with Crippen LogP contribution in [0.15, 0.2) is 72.9 Å². The first-order valence-corrected chi connectivity index (χ1v) is 9.41. The number of benzene rings is 3. The second kappa shape index (κ2) is 7.51. The van der Waals surface area contributed by atoms with Crippen molar-refractivity contribution in [3.63, 3.8) is 0 Å². The number of nitrogens with one attached hydrogen (secondary N) is 1. The average molecular weight is 390 g/mol. The minimum atomic E-state index is -0.819. The summed E-state index contributed by atoms with van der Waals surface area (Å²) in [6.07, 6.45) is 1.77. The van der Waals surface area contributed by atoms with E-state index in [-0.39, 0.29) is 5.69 Å². The molecule has 3 aromatic carbocycles. The Morgan fingerprint density at radius 2 is 1.66 bits per heavy atom. The lowest BCUT2D eigenvalue weighted by Crippen LogP contribution is -2.19. The molecule has 0 spiro atoms. The number of hydrogen-bond donors (Lipinski definition) is 1. The van der Waals surface area contributed by atoms with Crippen molar-refractivity contribution in [2.24, 2.45) is 0 Å². The van der Waals surface area contributed by atoms with Crippen molar-refractivity contribution < 1.29 is 13.6 Å². The Balaban J connectivity index is 1.82. The maximum absolute atomic E-state index is 14.0. The third kappa shape index (κ3) is 3.51. The normalized spacial score (nSPS) is 11.2. The molecule has 0 atom stereocenters. The van der Waals surface area contributed by atoms with E-state index in [0.717, 1.165) is 28.6 Å². The largest absolute Gasteiger partial charge is 0.330 e. The van der Waals surface area contributed by atoms with E-state index >= 15 is 0 Å². The van der Waals surface area contributed by atoms with Gasteiger partial charge in [-0.25, -0.2) is 13.6 Å². The van der Waals surface area contributed by atoms with Crippen LogP contribution in [0.3, 0.4) is 0 Å². The van der Waals surface area contributed by atoms with Gasteiger partial charge < -0.3 is 5.32 Å². The topological polar surface area (TPSA) is 34.0 Å². The molecule has 0 saturated heterocycles. The number of carbonyl (C=O) groups is 1. The molecule has 1 heterocycles. The SMILES string of the molecule is CC(C)c1ccccc1-c1cn(C(=O)Nc2ccc(F)cc2F)c2ccccc12. The van der Waals surface area contributed by atoms with Crippen LogP contribution in [0.1, 0.15) is 25.3 Å². The molecule has 0 aliphatic heterocycles. The van der Waals surface area contributed by atoms with Crippen LogP contribution in [0.4, 0.5) is 19.3 Å². The molecule has 0 radical (unpaired) electrons. The van der Waals surface area contributed by atoms with Gasteiger partial charge in [0.05, 0.1) is 11.2 Å². The molecule has 3 nitrogen and oxygen atoms in total. The highest BCUT2D eigenvalue weighted by molar-refractivity contribution is 6.05. The number of nitrogens with zero attached hydrogens (tertiary/aromatic N) is 1. The Morgan fingerprint density at radius 1 is 0.931 bits per heavy atom. The number of amides is 1. The molecular weight excluding hydrogens is 370 g/mol. The lowest BCUT2D eigenvalue weighted by molar-refractivity contribution is 0.254. The van der Waals surface area contributed by atoms with Crippen molar-refractivity contribution in [2.45, 2.75) is 19.8 Å². The molecular formula is C24H20F2N2O. The second-order valence-electron chi connectivity index (χ2n) is 7.23. The van der Waals surface area contributed by atoms with Crippen LogP contribution in [-0.2, 0) is 0 Å². The first-order valence-electron chi connectivity index (χ1n) is 9.41. The highest BCUT2D eigenvalue weighted by Gasteiger charge is 2.18. The van der Waals surface area contributed by atoms with Crippen molar-refractivity contribution in [3.05, 3.63) is 90.1 Å². The molecule has 146 valence electrons. The summed E-state index contributed by atoms with van der Waals surface area (Å²) in [4.78, 5) is 12.9. The number of aromatic nitrogens is 1. The first-order chi connectivity index (χ1) is 14.0. The Morgan fingerprint density at radius 3 is 2.41 bits per heavy atom. The van der Waals surface area contributed by atoms with E-state index in [1.54, 1.807) is 6.20 Å². The Bertz CT molecular complexity index is 1210. The number of fused-ring (bicyclic) bond motifs is 1. The number of halogens is 2. The Hall–Kier alpha value is -3.47. The van der Waals surface area contributed by atoms with Crippen molar-refractivity contribution in [1.29, 1.82) is 0 Å². The quantitative estimate of drug-likeness (QED) is 0.410. The lowest BCUT2D eigenvalue weighted by Gasteiger charge is -2.12. The number of para-hydroxylation sites is 1. The molecule has 5 heteroatoms. The van der Waals surface area contributed by atoms with Crippen LogP contribution in [0.5, 0.6) is 0 Å². The highest BCUT2D eigenvalue weighted by Crippen LogP contribution is 2.35. The van der Waals surface area contributed by atoms with E-state index in [2.05, 4.69) is 25.2 Å². The average Bonchev–Trinajstić information content (AvgIpc) is 3.10. The number of carbonyl (C=O) groups excluding carboxylic acids is 1. The third-order valence-corrected chi connectivity index (χ3v) is 4.98. The number of hydrogen-bond acceptors (Lipinski definition) is 1. The summed E-state index contributed by atoms with van der Waals surface area (Å²) in [5, 5.41) is 3.46. The lowest BCUT2D eigenvalue weighted by atomic mass is 9.92. The van der Waals surface area contributed by atoms with Gasteiger partial charge >= 0.3 is 6.03 Å². The molecule has 0 fully saturated rings. The van der Waals surface area contributed by atoms with Gasteiger partial charge in [-0.3, -0.25) is 4.57 Å². The van der Waals surface area contributed by atoms with Gasteiger partial charge in [-0.05, 0) is 35.2 Å². The van der Waals surface area contributed by atoms with Gasteiger partial charge in [-0.2, -0.15) is 0 Å². The van der Waals surface area contributed by atoms with Crippen molar-refractivity contribution >= 4 is 22.6 Å². The van der Waals surface area contributed by atoms with E-state index in [9.17, 15) is 13.6 Å². The van der Waals surface area contributed by atoms with E-state index in [4.69, 9.17) is 0 Å². The van der Waals surface area contributed by atoms with Gasteiger partial charge in [-0.1, -0.05) is 56.3 Å². The molecule has 1 amide bonds. The zero-order valence-corrected chi connectivity index (χ0v) is 16.1.